The van der Waals surface area contributed by atoms with E-state index in [0.29, 0.717) is 32.3 Å². The Bertz CT molecular complexity index is 390. The Balaban J connectivity index is 1.75. The molecule has 0 radical (unpaired) electrons. The first-order valence-corrected chi connectivity index (χ1v) is 12.1. The van der Waals surface area contributed by atoms with Gasteiger partial charge in [-0.1, -0.05) is 77.6 Å². The van der Waals surface area contributed by atoms with Crippen molar-refractivity contribution in [2.75, 3.05) is 6.61 Å². The molecule has 1 fully saturated rings. The Labute approximate surface area is 173 Å². The van der Waals surface area contributed by atoms with Crippen molar-refractivity contribution in [2.24, 2.45) is 0 Å². The molecule has 0 saturated heterocycles. The smallest absolute Gasteiger partial charge is 0.306 e. The molecule has 0 aromatic carbocycles. The first kappa shape index (κ1) is 25.0. The standard InChI is InChI=1S/C24H44O4/c1-2-3-4-5-6-7-8-9-10-11-12-15-21-27-23(25)19-13-14-20-24(26)28-22-17-16-18-22/h22H,2-21H2,1H3. The lowest BCUT2D eigenvalue weighted by molar-refractivity contribution is -0.153. The predicted molar refractivity (Wildman–Crippen MR) is 114 cm³/mol. The van der Waals surface area contributed by atoms with Gasteiger partial charge in [0.15, 0.2) is 0 Å². The summed E-state index contributed by atoms with van der Waals surface area (Å²) in [7, 11) is 0. The van der Waals surface area contributed by atoms with Crippen LogP contribution in [0.2, 0.25) is 0 Å². The summed E-state index contributed by atoms with van der Waals surface area (Å²) in [5.74, 6) is -0.245. The van der Waals surface area contributed by atoms with Crippen molar-refractivity contribution in [3.8, 4) is 0 Å². The van der Waals surface area contributed by atoms with Crippen LogP contribution in [0.5, 0.6) is 0 Å². The summed E-state index contributed by atoms with van der Waals surface area (Å²) in [5, 5.41) is 0. The maximum atomic E-state index is 11.7. The van der Waals surface area contributed by atoms with Crippen LogP contribution in [0.25, 0.3) is 0 Å². The second kappa shape index (κ2) is 18.0. The van der Waals surface area contributed by atoms with Gasteiger partial charge in [-0.2, -0.15) is 0 Å². The molecule has 164 valence electrons. The van der Waals surface area contributed by atoms with E-state index in [1.54, 1.807) is 0 Å². The summed E-state index contributed by atoms with van der Waals surface area (Å²) >= 11 is 0. The normalized spacial score (nSPS) is 13.9. The van der Waals surface area contributed by atoms with E-state index in [-0.39, 0.29) is 18.0 Å². The molecule has 1 aliphatic carbocycles. The number of unbranched alkanes of at least 4 members (excludes halogenated alkanes) is 12. The Morgan fingerprint density at radius 3 is 1.68 bits per heavy atom. The fourth-order valence-corrected chi connectivity index (χ4v) is 3.47. The van der Waals surface area contributed by atoms with Crippen LogP contribution in [0.1, 0.15) is 129 Å². The number of carbonyl (C=O) groups is 2. The molecule has 0 aromatic rings. The lowest BCUT2D eigenvalue weighted by Gasteiger charge is -2.25. The van der Waals surface area contributed by atoms with E-state index in [1.807, 2.05) is 0 Å². The van der Waals surface area contributed by atoms with E-state index in [9.17, 15) is 9.59 Å². The molecule has 0 aromatic heterocycles. The van der Waals surface area contributed by atoms with Crippen molar-refractivity contribution in [1.29, 1.82) is 0 Å². The molecule has 0 atom stereocenters. The number of carbonyl (C=O) groups excluding carboxylic acids is 2. The van der Waals surface area contributed by atoms with Crippen LogP contribution in [0, 0.1) is 0 Å². The monoisotopic (exact) mass is 396 g/mol. The van der Waals surface area contributed by atoms with Crippen LogP contribution in [-0.4, -0.2) is 24.6 Å². The summed E-state index contributed by atoms with van der Waals surface area (Å²) in [6.45, 7) is 2.80. The molecule has 1 rings (SSSR count). The van der Waals surface area contributed by atoms with Crippen molar-refractivity contribution < 1.29 is 19.1 Å². The van der Waals surface area contributed by atoms with Crippen LogP contribution >= 0.6 is 0 Å². The Hall–Kier alpha value is -1.06. The lowest BCUT2D eigenvalue weighted by atomic mass is 9.96. The minimum atomic E-state index is -0.129. The summed E-state index contributed by atoms with van der Waals surface area (Å²) in [4.78, 5) is 23.2. The third-order valence-electron chi connectivity index (χ3n) is 5.62. The van der Waals surface area contributed by atoms with Crippen molar-refractivity contribution >= 4 is 11.9 Å². The second-order valence-electron chi connectivity index (χ2n) is 8.36. The molecule has 0 amide bonds. The Kier molecular flexibility index (Phi) is 16.1. The maximum Gasteiger partial charge on any atom is 0.306 e. The summed E-state index contributed by atoms with van der Waals surface area (Å²) in [5.41, 5.74) is 0. The highest BCUT2D eigenvalue weighted by Crippen LogP contribution is 2.22. The Morgan fingerprint density at radius 1 is 0.679 bits per heavy atom. The van der Waals surface area contributed by atoms with Gasteiger partial charge in [0.05, 0.1) is 6.61 Å². The van der Waals surface area contributed by atoms with E-state index in [2.05, 4.69) is 6.92 Å². The molecule has 0 bridgehead atoms. The van der Waals surface area contributed by atoms with Crippen molar-refractivity contribution in [3.63, 3.8) is 0 Å². The zero-order valence-electron chi connectivity index (χ0n) is 18.4. The van der Waals surface area contributed by atoms with Crippen molar-refractivity contribution in [2.45, 2.75) is 135 Å². The lowest BCUT2D eigenvalue weighted by Crippen LogP contribution is -2.24. The molecule has 1 aliphatic rings. The van der Waals surface area contributed by atoms with E-state index < -0.39 is 0 Å². The van der Waals surface area contributed by atoms with Crippen LogP contribution in [0.3, 0.4) is 0 Å². The van der Waals surface area contributed by atoms with Gasteiger partial charge in [0.1, 0.15) is 6.10 Å². The summed E-state index contributed by atoms with van der Waals surface area (Å²) in [6, 6.07) is 0. The van der Waals surface area contributed by atoms with Gasteiger partial charge in [0, 0.05) is 12.8 Å². The molecule has 4 nitrogen and oxygen atoms in total. The van der Waals surface area contributed by atoms with Gasteiger partial charge in [-0.05, 0) is 38.5 Å². The van der Waals surface area contributed by atoms with Crippen molar-refractivity contribution in [1.82, 2.24) is 0 Å². The Morgan fingerprint density at radius 2 is 1.18 bits per heavy atom. The van der Waals surface area contributed by atoms with Crippen LogP contribution in [0.15, 0.2) is 0 Å². The minimum Gasteiger partial charge on any atom is -0.466 e. The van der Waals surface area contributed by atoms with Gasteiger partial charge in [-0.25, -0.2) is 0 Å². The van der Waals surface area contributed by atoms with E-state index in [4.69, 9.17) is 9.47 Å². The van der Waals surface area contributed by atoms with E-state index in [0.717, 1.165) is 25.7 Å². The molecule has 0 unspecified atom stereocenters. The fraction of sp³-hybridized carbons (Fsp3) is 0.917. The van der Waals surface area contributed by atoms with Gasteiger partial charge in [-0.15, -0.1) is 0 Å². The van der Waals surface area contributed by atoms with Crippen LogP contribution < -0.4 is 0 Å². The predicted octanol–water partition coefficient (Wildman–Crippen LogP) is 6.89. The van der Waals surface area contributed by atoms with Gasteiger partial charge in [0.25, 0.3) is 0 Å². The largest absolute Gasteiger partial charge is 0.466 e. The molecule has 0 spiro atoms. The molecule has 4 heteroatoms. The molecule has 0 aliphatic heterocycles. The highest BCUT2D eigenvalue weighted by molar-refractivity contribution is 5.70. The number of ether oxygens (including phenoxy) is 2. The third kappa shape index (κ3) is 14.9. The van der Waals surface area contributed by atoms with Gasteiger partial charge >= 0.3 is 11.9 Å². The molecule has 0 heterocycles. The zero-order chi connectivity index (χ0) is 20.3. The van der Waals surface area contributed by atoms with Gasteiger partial charge in [-0.3, -0.25) is 9.59 Å². The minimum absolute atomic E-state index is 0.116. The molecule has 0 N–H and O–H groups in total. The first-order chi connectivity index (χ1) is 13.7. The highest BCUT2D eigenvalue weighted by Gasteiger charge is 2.21. The fourth-order valence-electron chi connectivity index (χ4n) is 3.47. The first-order valence-electron chi connectivity index (χ1n) is 12.1. The molecule has 28 heavy (non-hydrogen) atoms. The second-order valence-corrected chi connectivity index (χ2v) is 8.36. The third-order valence-corrected chi connectivity index (χ3v) is 5.62. The van der Waals surface area contributed by atoms with Gasteiger partial charge < -0.3 is 9.47 Å². The topological polar surface area (TPSA) is 52.6 Å². The number of hydrogen-bond donors (Lipinski definition) is 0. The van der Waals surface area contributed by atoms with Crippen molar-refractivity contribution in [3.05, 3.63) is 0 Å². The number of rotatable bonds is 19. The SMILES string of the molecule is CCCCCCCCCCCCCCOC(=O)CCCCC(=O)OC1CCC1. The van der Waals surface area contributed by atoms with Crippen LogP contribution in [-0.2, 0) is 19.1 Å². The molecular formula is C24H44O4. The average Bonchev–Trinajstić information content (AvgIpc) is 2.65. The highest BCUT2D eigenvalue weighted by atomic mass is 16.5. The number of hydrogen-bond acceptors (Lipinski definition) is 4. The van der Waals surface area contributed by atoms with E-state index in [1.165, 1.54) is 70.6 Å². The van der Waals surface area contributed by atoms with Crippen LogP contribution in [0.4, 0.5) is 0 Å². The van der Waals surface area contributed by atoms with Gasteiger partial charge in [0.2, 0.25) is 0 Å². The summed E-state index contributed by atoms with van der Waals surface area (Å²) in [6.07, 6.45) is 21.3. The average molecular weight is 397 g/mol. The maximum absolute atomic E-state index is 11.7. The molecule has 1 saturated carbocycles. The zero-order valence-corrected chi connectivity index (χ0v) is 18.4. The summed E-state index contributed by atoms with van der Waals surface area (Å²) < 4.78 is 10.6. The number of esters is 2. The molecular weight excluding hydrogens is 352 g/mol. The quantitative estimate of drug-likeness (QED) is 0.176. The van der Waals surface area contributed by atoms with E-state index >= 15 is 0 Å².